The third-order valence-corrected chi connectivity index (χ3v) is 8.36. The minimum absolute atomic E-state index is 0.00244. The van der Waals surface area contributed by atoms with E-state index in [1.165, 1.54) is 6.08 Å². The van der Waals surface area contributed by atoms with Gasteiger partial charge in [0.2, 0.25) is 0 Å². The Morgan fingerprint density at radius 2 is 2.04 bits per heavy atom. The molecule has 4 aliphatic carbocycles. The minimum Gasteiger partial charge on any atom is -0.393 e. The lowest BCUT2D eigenvalue weighted by atomic mass is 9.45. The van der Waals surface area contributed by atoms with E-state index in [4.69, 9.17) is 0 Å². The van der Waals surface area contributed by atoms with Gasteiger partial charge < -0.3 is 5.11 Å². The summed E-state index contributed by atoms with van der Waals surface area (Å²) in [6.45, 7) is 5.85. The highest BCUT2D eigenvalue weighted by Gasteiger charge is 2.64. The largest absolute Gasteiger partial charge is 0.393 e. The number of hydrogen-bond donors (Lipinski definition) is 1. The van der Waals surface area contributed by atoms with Crippen molar-refractivity contribution in [2.24, 2.45) is 34.5 Å². The summed E-state index contributed by atoms with van der Waals surface area (Å²) in [7, 11) is 0. The predicted molar refractivity (Wildman–Crippen MR) is 92.5 cm³/mol. The van der Waals surface area contributed by atoms with Crippen molar-refractivity contribution >= 4 is 11.6 Å². The fourth-order valence-corrected chi connectivity index (χ4v) is 7.36. The van der Waals surface area contributed by atoms with Crippen LogP contribution in [0.15, 0.2) is 11.6 Å². The molecule has 138 valence electrons. The van der Waals surface area contributed by atoms with Gasteiger partial charge in [-0.2, -0.15) is 0 Å². The number of rotatable bonds is 1. The van der Waals surface area contributed by atoms with E-state index in [9.17, 15) is 14.7 Å². The molecule has 8 atom stereocenters. The summed E-state index contributed by atoms with van der Waals surface area (Å²) in [6, 6.07) is 0. The molecular formula is C21H29FO3. The number of carbonyl (C=O) groups excluding carboxylic acids is 2. The fraction of sp³-hybridized carbons (Fsp3) is 0.810. The van der Waals surface area contributed by atoms with E-state index in [0.29, 0.717) is 37.2 Å². The van der Waals surface area contributed by atoms with Gasteiger partial charge in [-0.1, -0.05) is 13.8 Å². The molecule has 2 unspecified atom stereocenters. The fourth-order valence-electron chi connectivity index (χ4n) is 7.36. The van der Waals surface area contributed by atoms with Crippen LogP contribution in [0.4, 0.5) is 4.39 Å². The van der Waals surface area contributed by atoms with E-state index in [1.807, 2.05) is 0 Å². The number of allylic oxidation sites excluding steroid dienone is 1. The molecule has 0 radical (unpaired) electrons. The summed E-state index contributed by atoms with van der Waals surface area (Å²) in [6.07, 6.45) is 3.81. The van der Waals surface area contributed by atoms with Gasteiger partial charge >= 0.3 is 0 Å². The van der Waals surface area contributed by atoms with Crippen LogP contribution >= 0.6 is 0 Å². The summed E-state index contributed by atoms with van der Waals surface area (Å²) < 4.78 is 15.1. The predicted octanol–water partition coefficient (Wildman–Crippen LogP) is 3.64. The first-order valence-electron chi connectivity index (χ1n) is 9.76. The van der Waals surface area contributed by atoms with Gasteiger partial charge in [0, 0.05) is 12.3 Å². The Kier molecular flexibility index (Phi) is 3.81. The van der Waals surface area contributed by atoms with Gasteiger partial charge in [0.15, 0.2) is 5.78 Å². The number of ketones is 2. The van der Waals surface area contributed by atoms with Crippen LogP contribution in [-0.2, 0) is 9.59 Å². The monoisotopic (exact) mass is 348 g/mol. The lowest BCUT2D eigenvalue weighted by Gasteiger charge is -2.60. The molecule has 0 amide bonds. The maximum absolute atomic E-state index is 15.1. The van der Waals surface area contributed by atoms with Gasteiger partial charge in [-0.3, -0.25) is 9.59 Å². The van der Waals surface area contributed by atoms with Crippen molar-refractivity contribution in [1.82, 2.24) is 0 Å². The Balaban J connectivity index is 1.76. The van der Waals surface area contributed by atoms with Crippen molar-refractivity contribution in [3.05, 3.63) is 11.6 Å². The van der Waals surface area contributed by atoms with Gasteiger partial charge in [-0.15, -0.1) is 0 Å². The van der Waals surface area contributed by atoms with E-state index >= 15 is 4.39 Å². The Hall–Kier alpha value is -1.03. The average Bonchev–Trinajstić information content (AvgIpc) is 2.85. The molecule has 0 aliphatic heterocycles. The first-order valence-corrected chi connectivity index (χ1v) is 9.76. The molecule has 0 bridgehead atoms. The second-order valence-electron chi connectivity index (χ2n) is 9.50. The van der Waals surface area contributed by atoms with Crippen LogP contribution in [0.25, 0.3) is 0 Å². The molecule has 3 nitrogen and oxygen atoms in total. The zero-order chi connectivity index (χ0) is 18.1. The maximum Gasteiger partial charge on any atom is 0.155 e. The van der Waals surface area contributed by atoms with Crippen LogP contribution in [0.2, 0.25) is 0 Å². The molecule has 1 N–H and O–H groups in total. The molecule has 0 heterocycles. The second kappa shape index (κ2) is 5.48. The Morgan fingerprint density at radius 3 is 2.72 bits per heavy atom. The van der Waals surface area contributed by atoms with E-state index in [1.54, 1.807) is 6.92 Å². The summed E-state index contributed by atoms with van der Waals surface area (Å²) in [5.74, 6) is 0.610. The van der Waals surface area contributed by atoms with Crippen LogP contribution in [0, 0.1) is 34.5 Å². The van der Waals surface area contributed by atoms with Gasteiger partial charge in [-0.05, 0) is 79.3 Å². The van der Waals surface area contributed by atoms with Gasteiger partial charge in [-0.25, -0.2) is 4.39 Å². The number of aliphatic hydroxyl groups excluding tert-OH is 1. The zero-order valence-electron chi connectivity index (χ0n) is 15.4. The van der Waals surface area contributed by atoms with E-state index in [0.717, 1.165) is 12.8 Å². The van der Waals surface area contributed by atoms with Gasteiger partial charge in [0.25, 0.3) is 0 Å². The molecule has 0 aromatic carbocycles. The van der Waals surface area contributed by atoms with Crippen LogP contribution in [0.1, 0.15) is 59.3 Å². The third kappa shape index (κ3) is 2.25. The molecule has 0 saturated heterocycles. The highest BCUT2D eigenvalue weighted by atomic mass is 19.1. The Labute approximate surface area is 149 Å². The van der Waals surface area contributed by atoms with Crippen molar-refractivity contribution in [2.45, 2.75) is 71.6 Å². The third-order valence-electron chi connectivity index (χ3n) is 8.36. The van der Waals surface area contributed by atoms with E-state index in [2.05, 4.69) is 13.8 Å². The van der Waals surface area contributed by atoms with Crippen LogP contribution in [0.3, 0.4) is 0 Å². The molecule has 4 aliphatic rings. The van der Waals surface area contributed by atoms with E-state index in [-0.39, 0.29) is 34.7 Å². The first kappa shape index (κ1) is 17.4. The Bertz CT molecular complexity index is 656. The van der Waals surface area contributed by atoms with Crippen molar-refractivity contribution < 1.29 is 19.1 Å². The number of aliphatic hydroxyl groups is 1. The number of hydrogen-bond acceptors (Lipinski definition) is 3. The van der Waals surface area contributed by atoms with Gasteiger partial charge in [0.1, 0.15) is 12.0 Å². The maximum atomic E-state index is 15.1. The standard InChI is InChI=1S/C21H29FO3/c1-11(23)14-4-5-15-13-9-17(22)16-8-12(24)6-7-20(16,2)19(13)18(25)10-21(14,15)3/h8,13-15,17-19,25H,4-7,9-10H2,1-3H3/t13-,14+,15-,17?,18?,19+,20-,21+/m0/s1. The van der Waals surface area contributed by atoms with Crippen molar-refractivity contribution in [1.29, 1.82) is 0 Å². The minimum atomic E-state index is -1.10. The molecule has 3 saturated carbocycles. The van der Waals surface area contributed by atoms with Crippen LogP contribution in [-0.4, -0.2) is 28.9 Å². The normalized spacial score (nSPS) is 52.0. The smallest absolute Gasteiger partial charge is 0.155 e. The number of halogens is 1. The molecule has 4 rings (SSSR count). The second-order valence-corrected chi connectivity index (χ2v) is 9.50. The molecule has 0 aromatic heterocycles. The van der Waals surface area contributed by atoms with E-state index < -0.39 is 17.7 Å². The number of alkyl halides is 1. The lowest BCUT2D eigenvalue weighted by Crippen LogP contribution is -2.58. The molecule has 4 heteroatoms. The molecule has 0 aromatic rings. The SMILES string of the molecule is CC(=O)[C@H]1CC[C@H]2[C@@H]3CC(F)C4=CC(=O)CC[C@]4(C)[C@H]3C(O)C[C@]12C. The average molecular weight is 348 g/mol. The quantitative estimate of drug-likeness (QED) is 0.787. The number of carbonyl (C=O) groups is 2. The summed E-state index contributed by atoms with van der Waals surface area (Å²) in [5.41, 5.74) is -0.0202. The number of fused-ring (bicyclic) bond motifs is 5. The van der Waals surface area contributed by atoms with Gasteiger partial charge in [0.05, 0.1) is 6.10 Å². The van der Waals surface area contributed by atoms with Crippen molar-refractivity contribution in [2.75, 3.05) is 0 Å². The summed E-state index contributed by atoms with van der Waals surface area (Å²) >= 11 is 0. The molecule has 3 fully saturated rings. The molecular weight excluding hydrogens is 319 g/mol. The lowest BCUT2D eigenvalue weighted by molar-refractivity contribution is -0.148. The highest BCUT2D eigenvalue weighted by Crippen LogP contribution is 2.66. The topological polar surface area (TPSA) is 54.4 Å². The summed E-state index contributed by atoms with van der Waals surface area (Å²) in [4.78, 5) is 24.0. The number of Topliss-reactive ketones (excluding diaryl/α,β-unsaturated/α-hetero) is 1. The van der Waals surface area contributed by atoms with Crippen molar-refractivity contribution in [3.8, 4) is 0 Å². The zero-order valence-corrected chi connectivity index (χ0v) is 15.4. The van der Waals surface area contributed by atoms with Crippen molar-refractivity contribution in [3.63, 3.8) is 0 Å². The first-order chi connectivity index (χ1) is 11.7. The van der Waals surface area contributed by atoms with Crippen LogP contribution in [0.5, 0.6) is 0 Å². The molecule has 0 spiro atoms. The highest BCUT2D eigenvalue weighted by molar-refractivity contribution is 5.92. The summed E-state index contributed by atoms with van der Waals surface area (Å²) in [5, 5.41) is 11.1. The Morgan fingerprint density at radius 1 is 1.32 bits per heavy atom. The van der Waals surface area contributed by atoms with Crippen LogP contribution < -0.4 is 0 Å². The molecule has 25 heavy (non-hydrogen) atoms.